The Morgan fingerprint density at radius 2 is 1.82 bits per heavy atom. The van der Waals surface area contributed by atoms with E-state index in [1.165, 1.54) is 11.3 Å². The number of benzene rings is 2. The van der Waals surface area contributed by atoms with Gasteiger partial charge in [-0.2, -0.15) is 0 Å². The number of ether oxygens (including phenoxy) is 1. The smallest absolute Gasteiger partial charge is 0.278 e. The minimum atomic E-state index is -0.314. The van der Waals surface area contributed by atoms with Gasteiger partial charge in [-0.15, -0.1) is 23.7 Å². The third kappa shape index (κ3) is 5.91. The number of rotatable bonds is 9. The fourth-order valence-corrected chi connectivity index (χ4v) is 3.76. The molecule has 4 aromatic rings. The number of imidazole rings is 1. The lowest BCUT2D eigenvalue weighted by molar-refractivity contribution is 0.102. The van der Waals surface area contributed by atoms with Crippen molar-refractivity contribution in [2.45, 2.75) is 19.8 Å². The van der Waals surface area contributed by atoms with E-state index in [0.29, 0.717) is 22.3 Å². The SMILES string of the molecule is CCCCNc1ccc(-c2nc(C(=O)Nc3nccs3)c(-c3ccc(OC)cc3)[nH]2)cc1.Cl. The second kappa shape index (κ2) is 11.5. The van der Waals surface area contributed by atoms with Crippen LogP contribution in [0.15, 0.2) is 60.1 Å². The molecule has 0 atom stereocenters. The Hall–Kier alpha value is -3.36. The minimum Gasteiger partial charge on any atom is -0.497 e. The zero-order chi connectivity index (χ0) is 22.3. The van der Waals surface area contributed by atoms with Crippen molar-refractivity contribution in [2.24, 2.45) is 0 Å². The fraction of sp³-hybridized carbons (Fsp3) is 0.208. The first-order valence-corrected chi connectivity index (χ1v) is 11.4. The number of anilines is 2. The number of aromatic nitrogens is 3. The molecule has 172 valence electrons. The molecule has 0 aliphatic rings. The highest BCUT2D eigenvalue weighted by atomic mass is 35.5. The average Bonchev–Trinajstić information content (AvgIpc) is 3.50. The Bertz CT molecular complexity index is 1160. The molecule has 0 bridgehead atoms. The maximum Gasteiger partial charge on any atom is 0.278 e. The molecule has 2 aromatic carbocycles. The van der Waals surface area contributed by atoms with Crippen LogP contribution in [-0.2, 0) is 0 Å². The number of amides is 1. The van der Waals surface area contributed by atoms with E-state index in [0.717, 1.165) is 42.0 Å². The van der Waals surface area contributed by atoms with E-state index in [9.17, 15) is 4.79 Å². The lowest BCUT2D eigenvalue weighted by atomic mass is 10.1. The molecule has 9 heteroatoms. The largest absolute Gasteiger partial charge is 0.497 e. The number of carbonyl (C=O) groups excluding carboxylic acids is 1. The molecule has 7 nitrogen and oxygen atoms in total. The van der Waals surface area contributed by atoms with Crippen molar-refractivity contribution < 1.29 is 9.53 Å². The third-order valence-corrected chi connectivity index (χ3v) is 5.66. The van der Waals surface area contributed by atoms with Crippen LogP contribution in [0.1, 0.15) is 30.3 Å². The Kier molecular flexibility index (Phi) is 8.46. The zero-order valence-corrected chi connectivity index (χ0v) is 20.1. The Labute approximate surface area is 203 Å². The normalized spacial score (nSPS) is 10.4. The summed E-state index contributed by atoms with van der Waals surface area (Å²) in [6, 6.07) is 15.5. The van der Waals surface area contributed by atoms with Crippen LogP contribution in [0.25, 0.3) is 22.6 Å². The highest BCUT2D eigenvalue weighted by Crippen LogP contribution is 2.29. The molecule has 0 aliphatic heterocycles. The van der Waals surface area contributed by atoms with E-state index in [4.69, 9.17) is 4.74 Å². The number of aromatic amines is 1. The lowest BCUT2D eigenvalue weighted by Gasteiger charge is -2.06. The summed E-state index contributed by atoms with van der Waals surface area (Å²) < 4.78 is 5.26. The van der Waals surface area contributed by atoms with E-state index in [1.54, 1.807) is 13.3 Å². The topological polar surface area (TPSA) is 91.9 Å². The third-order valence-electron chi connectivity index (χ3n) is 4.97. The molecule has 0 spiro atoms. The summed E-state index contributed by atoms with van der Waals surface area (Å²) in [4.78, 5) is 25.1. The number of thiazole rings is 1. The van der Waals surface area contributed by atoms with Crippen LogP contribution >= 0.6 is 23.7 Å². The van der Waals surface area contributed by atoms with Crippen molar-refractivity contribution in [2.75, 3.05) is 24.3 Å². The number of H-pyrrole nitrogens is 1. The van der Waals surface area contributed by atoms with Crippen LogP contribution < -0.4 is 15.4 Å². The first-order chi connectivity index (χ1) is 15.7. The van der Waals surface area contributed by atoms with Crippen molar-refractivity contribution in [1.29, 1.82) is 0 Å². The van der Waals surface area contributed by atoms with E-state index < -0.39 is 0 Å². The Balaban J connectivity index is 0.00000306. The number of hydrogen-bond acceptors (Lipinski definition) is 6. The Morgan fingerprint density at radius 1 is 1.09 bits per heavy atom. The molecule has 0 saturated heterocycles. The van der Waals surface area contributed by atoms with Crippen LogP contribution in [0.5, 0.6) is 5.75 Å². The van der Waals surface area contributed by atoms with Crippen molar-refractivity contribution in [3.63, 3.8) is 0 Å². The quantitative estimate of drug-likeness (QED) is 0.250. The number of nitrogens with zero attached hydrogens (tertiary/aromatic N) is 2. The maximum atomic E-state index is 13.0. The lowest BCUT2D eigenvalue weighted by Crippen LogP contribution is -2.13. The van der Waals surface area contributed by atoms with Gasteiger partial charge in [-0.3, -0.25) is 10.1 Å². The van der Waals surface area contributed by atoms with Gasteiger partial charge in [-0.1, -0.05) is 13.3 Å². The molecule has 0 unspecified atom stereocenters. The number of methoxy groups -OCH3 is 1. The fourth-order valence-electron chi connectivity index (χ4n) is 3.24. The Morgan fingerprint density at radius 3 is 2.45 bits per heavy atom. The van der Waals surface area contributed by atoms with Crippen LogP contribution in [0.4, 0.5) is 10.8 Å². The molecule has 4 rings (SSSR count). The second-order valence-corrected chi connectivity index (χ2v) is 8.08. The molecular weight excluding hydrogens is 458 g/mol. The number of halogens is 1. The van der Waals surface area contributed by atoms with Crippen molar-refractivity contribution in [3.8, 4) is 28.4 Å². The van der Waals surface area contributed by atoms with Crippen molar-refractivity contribution >= 4 is 40.5 Å². The van der Waals surface area contributed by atoms with Gasteiger partial charge >= 0.3 is 0 Å². The highest BCUT2D eigenvalue weighted by molar-refractivity contribution is 7.13. The highest BCUT2D eigenvalue weighted by Gasteiger charge is 2.20. The van der Waals surface area contributed by atoms with Gasteiger partial charge in [-0.25, -0.2) is 9.97 Å². The number of unbranched alkanes of at least 4 members (excludes halogenated alkanes) is 1. The number of carbonyl (C=O) groups is 1. The maximum absolute atomic E-state index is 13.0. The first kappa shape index (κ1) is 24.3. The standard InChI is InChI=1S/C24H25N5O2S.ClH/c1-3-4-13-25-18-9-5-17(6-10-18)22-27-20(16-7-11-19(31-2)12-8-16)21(28-22)23(30)29-24-26-14-15-32-24;/h5-12,14-15,25H,3-4,13H2,1-2H3,(H,27,28)(H,26,29,30);1H. The second-order valence-electron chi connectivity index (χ2n) is 7.19. The van der Waals surface area contributed by atoms with E-state index >= 15 is 0 Å². The van der Waals surface area contributed by atoms with Crippen molar-refractivity contribution in [1.82, 2.24) is 15.0 Å². The average molecular weight is 484 g/mol. The zero-order valence-electron chi connectivity index (χ0n) is 18.4. The predicted octanol–water partition coefficient (Wildman–Crippen LogP) is 6.09. The molecular formula is C24H26ClN5O2S. The molecule has 0 aliphatic carbocycles. The van der Waals surface area contributed by atoms with Gasteiger partial charge < -0.3 is 15.0 Å². The predicted molar refractivity (Wildman–Crippen MR) is 137 cm³/mol. The van der Waals surface area contributed by atoms with Crippen molar-refractivity contribution in [3.05, 3.63) is 65.8 Å². The summed E-state index contributed by atoms with van der Waals surface area (Å²) >= 11 is 1.36. The van der Waals surface area contributed by atoms with Gasteiger partial charge in [0.25, 0.3) is 5.91 Å². The van der Waals surface area contributed by atoms with E-state index in [-0.39, 0.29) is 18.3 Å². The molecule has 3 N–H and O–H groups in total. The van der Waals surface area contributed by atoms with Crippen LogP contribution in [0.2, 0.25) is 0 Å². The van der Waals surface area contributed by atoms with E-state index in [1.807, 2.05) is 53.9 Å². The summed E-state index contributed by atoms with van der Waals surface area (Å²) in [6.07, 6.45) is 3.93. The molecule has 0 fully saturated rings. The molecule has 33 heavy (non-hydrogen) atoms. The summed E-state index contributed by atoms with van der Waals surface area (Å²) in [5.41, 5.74) is 3.75. The monoisotopic (exact) mass is 483 g/mol. The number of nitrogens with one attached hydrogen (secondary N) is 3. The van der Waals surface area contributed by atoms with Gasteiger partial charge in [0.1, 0.15) is 11.6 Å². The van der Waals surface area contributed by atoms with Crippen LogP contribution in [0, 0.1) is 0 Å². The van der Waals surface area contributed by atoms with Crippen LogP contribution in [-0.4, -0.2) is 34.5 Å². The molecule has 2 heterocycles. The summed E-state index contributed by atoms with van der Waals surface area (Å²) in [6.45, 7) is 3.11. The molecule has 1 amide bonds. The van der Waals surface area contributed by atoms with E-state index in [2.05, 4.69) is 32.5 Å². The summed E-state index contributed by atoms with van der Waals surface area (Å²) in [5, 5.41) is 8.57. The minimum absolute atomic E-state index is 0. The van der Waals surface area contributed by atoms with Gasteiger partial charge in [0.05, 0.1) is 12.8 Å². The molecule has 2 aromatic heterocycles. The van der Waals surface area contributed by atoms with Gasteiger partial charge in [-0.05, 0) is 55.0 Å². The molecule has 0 saturated carbocycles. The van der Waals surface area contributed by atoms with Gasteiger partial charge in [0, 0.05) is 34.9 Å². The molecule has 0 radical (unpaired) electrons. The van der Waals surface area contributed by atoms with Crippen LogP contribution in [0.3, 0.4) is 0 Å². The first-order valence-electron chi connectivity index (χ1n) is 10.5. The van der Waals surface area contributed by atoms with Gasteiger partial charge in [0.2, 0.25) is 0 Å². The summed E-state index contributed by atoms with van der Waals surface area (Å²) in [7, 11) is 1.62. The van der Waals surface area contributed by atoms with Gasteiger partial charge in [0.15, 0.2) is 10.8 Å². The summed E-state index contributed by atoms with van der Waals surface area (Å²) in [5.74, 6) is 1.06. The number of hydrogen-bond donors (Lipinski definition) is 3.